The Morgan fingerprint density at radius 2 is 1.73 bits per heavy atom. The van der Waals surface area contributed by atoms with Crippen molar-refractivity contribution in [2.75, 3.05) is 23.3 Å². The number of rotatable bonds is 4. The summed E-state index contributed by atoms with van der Waals surface area (Å²) >= 11 is 0. The number of nitrogens with zero attached hydrogens (tertiary/aromatic N) is 1. The number of aromatic nitrogens is 1. The lowest BCUT2D eigenvalue weighted by Crippen LogP contribution is -2.38. The fourth-order valence-corrected chi connectivity index (χ4v) is 3.56. The molecule has 4 heteroatoms. The largest absolute Gasteiger partial charge is 0.371 e. The summed E-state index contributed by atoms with van der Waals surface area (Å²) in [7, 11) is 0. The summed E-state index contributed by atoms with van der Waals surface area (Å²) < 4.78 is 0. The molecule has 132 valence electrons. The molecule has 3 aromatic rings. The van der Waals surface area contributed by atoms with Crippen molar-refractivity contribution in [1.29, 1.82) is 0 Å². The van der Waals surface area contributed by atoms with Gasteiger partial charge >= 0.3 is 0 Å². The molecule has 0 bridgehead atoms. The molecule has 0 atom stereocenters. The predicted molar refractivity (Wildman–Crippen MR) is 106 cm³/mol. The third-order valence-electron chi connectivity index (χ3n) is 5.05. The summed E-state index contributed by atoms with van der Waals surface area (Å²) in [6.45, 7) is 1.81. The zero-order valence-electron chi connectivity index (χ0n) is 14.7. The van der Waals surface area contributed by atoms with Gasteiger partial charge in [0.25, 0.3) is 0 Å². The van der Waals surface area contributed by atoms with Crippen molar-refractivity contribution in [1.82, 2.24) is 4.98 Å². The molecular formula is C22H23N3O. The number of aromatic amines is 1. The summed E-state index contributed by atoms with van der Waals surface area (Å²) in [4.78, 5) is 17.7. The number of anilines is 2. The standard InChI is InChI=1S/C22H23N3O/c26-22(24-20-9-12-23-16-20)18-10-13-25(14-11-18)21-8-4-7-19(15-21)17-5-2-1-3-6-17/h1-9,12,15-16,18,23H,10-11,13-14H2,(H,24,26). The Morgan fingerprint density at radius 3 is 2.46 bits per heavy atom. The van der Waals surface area contributed by atoms with Gasteiger partial charge in [0.05, 0.1) is 5.69 Å². The summed E-state index contributed by atoms with van der Waals surface area (Å²) in [6.07, 6.45) is 5.39. The monoisotopic (exact) mass is 345 g/mol. The van der Waals surface area contributed by atoms with Gasteiger partial charge in [-0.15, -0.1) is 0 Å². The Bertz CT molecular complexity index is 850. The zero-order valence-corrected chi connectivity index (χ0v) is 14.7. The van der Waals surface area contributed by atoms with E-state index in [0.29, 0.717) is 0 Å². The Labute approximate surface area is 153 Å². The molecule has 4 nitrogen and oxygen atoms in total. The molecule has 4 rings (SSSR count). The first-order valence-electron chi connectivity index (χ1n) is 9.14. The van der Waals surface area contributed by atoms with Crippen molar-refractivity contribution in [2.24, 2.45) is 5.92 Å². The Hall–Kier alpha value is -3.01. The SMILES string of the molecule is O=C(Nc1cc[nH]c1)C1CCN(c2cccc(-c3ccccc3)c2)CC1. The van der Waals surface area contributed by atoms with E-state index in [0.717, 1.165) is 31.6 Å². The molecule has 1 aliphatic rings. The van der Waals surface area contributed by atoms with Gasteiger partial charge in [0.15, 0.2) is 0 Å². The molecule has 1 saturated heterocycles. The first kappa shape index (κ1) is 16.5. The second-order valence-corrected chi connectivity index (χ2v) is 6.77. The van der Waals surface area contributed by atoms with Crippen molar-refractivity contribution in [3.8, 4) is 11.1 Å². The van der Waals surface area contributed by atoms with Crippen LogP contribution in [0.15, 0.2) is 73.1 Å². The third kappa shape index (κ3) is 3.64. The van der Waals surface area contributed by atoms with Crippen LogP contribution in [-0.2, 0) is 4.79 Å². The van der Waals surface area contributed by atoms with Crippen LogP contribution in [0.2, 0.25) is 0 Å². The fourth-order valence-electron chi connectivity index (χ4n) is 3.56. The lowest BCUT2D eigenvalue weighted by molar-refractivity contribution is -0.120. The minimum Gasteiger partial charge on any atom is -0.371 e. The average molecular weight is 345 g/mol. The molecule has 0 unspecified atom stereocenters. The summed E-state index contributed by atoms with van der Waals surface area (Å²) in [5.41, 5.74) is 4.54. The molecule has 2 heterocycles. The van der Waals surface area contributed by atoms with E-state index in [9.17, 15) is 4.79 Å². The zero-order chi connectivity index (χ0) is 17.8. The number of carbonyl (C=O) groups excluding carboxylic acids is 1. The second-order valence-electron chi connectivity index (χ2n) is 6.77. The van der Waals surface area contributed by atoms with Crippen LogP contribution >= 0.6 is 0 Å². The summed E-state index contributed by atoms with van der Waals surface area (Å²) in [6, 6.07) is 21.0. The number of carbonyl (C=O) groups is 1. The van der Waals surface area contributed by atoms with Gasteiger partial charge in [-0.25, -0.2) is 0 Å². The van der Waals surface area contributed by atoms with Gasteiger partial charge in [-0.3, -0.25) is 4.79 Å². The predicted octanol–water partition coefficient (Wildman–Crippen LogP) is 4.54. The van der Waals surface area contributed by atoms with Crippen LogP contribution in [0.3, 0.4) is 0 Å². The van der Waals surface area contributed by atoms with Crippen LogP contribution < -0.4 is 10.2 Å². The molecule has 2 aromatic carbocycles. The highest BCUT2D eigenvalue weighted by Crippen LogP contribution is 2.28. The maximum Gasteiger partial charge on any atom is 0.227 e. The molecule has 0 spiro atoms. The first-order valence-corrected chi connectivity index (χ1v) is 9.14. The van der Waals surface area contributed by atoms with Crippen LogP contribution in [0.1, 0.15) is 12.8 Å². The van der Waals surface area contributed by atoms with E-state index >= 15 is 0 Å². The number of nitrogens with one attached hydrogen (secondary N) is 2. The number of benzene rings is 2. The smallest absolute Gasteiger partial charge is 0.227 e. The highest BCUT2D eigenvalue weighted by molar-refractivity contribution is 5.92. The van der Waals surface area contributed by atoms with E-state index in [1.54, 1.807) is 0 Å². The van der Waals surface area contributed by atoms with E-state index in [1.807, 2.05) is 24.5 Å². The second kappa shape index (κ2) is 7.48. The molecule has 1 fully saturated rings. The van der Waals surface area contributed by atoms with Gasteiger partial charge < -0.3 is 15.2 Å². The molecule has 0 saturated carbocycles. The lowest BCUT2D eigenvalue weighted by atomic mass is 9.95. The van der Waals surface area contributed by atoms with Crippen molar-refractivity contribution >= 4 is 17.3 Å². The van der Waals surface area contributed by atoms with Gasteiger partial charge in [-0.2, -0.15) is 0 Å². The van der Waals surface area contributed by atoms with E-state index in [2.05, 4.69) is 63.7 Å². The lowest BCUT2D eigenvalue weighted by Gasteiger charge is -2.33. The van der Waals surface area contributed by atoms with Crippen molar-refractivity contribution in [3.05, 3.63) is 73.1 Å². The molecular weight excluding hydrogens is 322 g/mol. The van der Waals surface area contributed by atoms with E-state index < -0.39 is 0 Å². The van der Waals surface area contributed by atoms with E-state index in [1.165, 1.54) is 16.8 Å². The van der Waals surface area contributed by atoms with E-state index in [4.69, 9.17) is 0 Å². The average Bonchev–Trinajstić information content (AvgIpc) is 3.22. The van der Waals surface area contributed by atoms with Crippen LogP contribution in [0.4, 0.5) is 11.4 Å². The number of hydrogen-bond donors (Lipinski definition) is 2. The summed E-state index contributed by atoms with van der Waals surface area (Å²) in [5.74, 6) is 0.209. The topological polar surface area (TPSA) is 48.1 Å². The van der Waals surface area contributed by atoms with Crippen molar-refractivity contribution in [2.45, 2.75) is 12.8 Å². The Balaban J connectivity index is 1.40. The van der Waals surface area contributed by atoms with Gasteiger partial charge in [-0.1, -0.05) is 42.5 Å². The molecule has 26 heavy (non-hydrogen) atoms. The normalized spacial score (nSPS) is 15.0. The molecule has 1 amide bonds. The van der Waals surface area contributed by atoms with Crippen molar-refractivity contribution in [3.63, 3.8) is 0 Å². The highest BCUT2D eigenvalue weighted by atomic mass is 16.1. The minimum absolute atomic E-state index is 0.0819. The molecule has 0 radical (unpaired) electrons. The van der Waals surface area contributed by atoms with Gasteiger partial charge in [0, 0.05) is 37.1 Å². The summed E-state index contributed by atoms with van der Waals surface area (Å²) in [5, 5.41) is 2.99. The molecule has 2 N–H and O–H groups in total. The van der Waals surface area contributed by atoms with Gasteiger partial charge in [0.2, 0.25) is 5.91 Å². The van der Waals surface area contributed by atoms with Gasteiger partial charge in [-0.05, 0) is 42.2 Å². The van der Waals surface area contributed by atoms with Crippen LogP contribution in [-0.4, -0.2) is 24.0 Å². The minimum atomic E-state index is 0.0819. The molecule has 1 aromatic heterocycles. The van der Waals surface area contributed by atoms with E-state index in [-0.39, 0.29) is 11.8 Å². The quantitative estimate of drug-likeness (QED) is 0.729. The van der Waals surface area contributed by atoms with Crippen LogP contribution in [0.25, 0.3) is 11.1 Å². The highest BCUT2D eigenvalue weighted by Gasteiger charge is 2.25. The van der Waals surface area contributed by atoms with Crippen LogP contribution in [0.5, 0.6) is 0 Å². The first-order chi connectivity index (χ1) is 12.8. The maximum atomic E-state index is 12.4. The molecule has 0 aliphatic carbocycles. The van der Waals surface area contributed by atoms with Gasteiger partial charge in [0.1, 0.15) is 0 Å². The molecule has 1 aliphatic heterocycles. The fraction of sp³-hybridized carbons (Fsp3) is 0.227. The van der Waals surface area contributed by atoms with Crippen molar-refractivity contribution < 1.29 is 4.79 Å². The van der Waals surface area contributed by atoms with Crippen LogP contribution in [0, 0.1) is 5.92 Å². The Morgan fingerprint density at radius 1 is 0.962 bits per heavy atom. The number of H-pyrrole nitrogens is 1. The number of piperidine rings is 1. The number of amides is 1. The maximum absolute atomic E-state index is 12.4. The third-order valence-corrected chi connectivity index (χ3v) is 5.05. The Kier molecular flexibility index (Phi) is 4.73. The number of hydrogen-bond acceptors (Lipinski definition) is 2.